The molecular weight excluding hydrogens is 192 g/mol. The minimum Gasteiger partial charge on any atom is -0.380 e. The molecule has 0 radical (unpaired) electrons. The Kier molecular flexibility index (Phi) is 2.34. The number of rotatable bonds is 2. The molecule has 2 fully saturated rings. The normalized spacial score (nSPS) is 37.3. The van der Waals surface area contributed by atoms with Gasteiger partial charge >= 0.3 is 0 Å². The van der Waals surface area contributed by atoms with Gasteiger partial charge in [-0.2, -0.15) is 0 Å². The molecule has 0 aromatic carbocycles. The van der Waals surface area contributed by atoms with E-state index in [1.54, 1.807) is 7.11 Å². The molecule has 0 aromatic heterocycles. The van der Waals surface area contributed by atoms with Gasteiger partial charge in [0.05, 0.1) is 19.8 Å². The summed E-state index contributed by atoms with van der Waals surface area (Å²) in [6, 6.07) is 0. The van der Waals surface area contributed by atoms with Crippen LogP contribution >= 0.6 is 0 Å². The van der Waals surface area contributed by atoms with Gasteiger partial charge in [-0.05, 0) is 23.8 Å². The van der Waals surface area contributed by atoms with Crippen LogP contribution in [-0.4, -0.2) is 32.7 Å². The van der Waals surface area contributed by atoms with Crippen molar-refractivity contribution in [3.63, 3.8) is 0 Å². The highest BCUT2D eigenvalue weighted by Gasteiger charge is 2.50. The SMILES string of the molecule is COCC1=C[C@H]2CC3(C[C@H]2C1)OCCO3. The topological polar surface area (TPSA) is 27.7 Å². The van der Waals surface area contributed by atoms with Crippen molar-refractivity contribution in [1.29, 1.82) is 0 Å². The van der Waals surface area contributed by atoms with Gasteiger partial charge in [0.25, 0.3) is 0 Å². The Morgan fingerprint density at radius 3 is 2.87 bits per heavy atom. The van der Waals surface area contributed by atoms with Crippen LogP contribution in [0.1, 0.15) is 19.3 Å². The second kappa shape index (κ2) is 3.58. The molecule has 0 bridgehead atoms. The molecule has 0 amide bonds. The first kappa shape index (κ1) is 9.82. The predicted molar refractivity (Wildman–Crippen MR) is 55.4 cm³/mol. The molecule has 2 atom stereocenters. The molecule has 1 saturated carbocycles. The second-order valence-corrected chi connectivity index (χ2v) is 4.90. The largest absolute Gasteiger partial charge is 0.380 e. The molecule has 3 rings (SSSR count). The van der Waals surface area contributed by atoms with Crippen molar-refractivity contribution >= 4 is 0 Å². The second-order valence-electron chi connectivity index (χ2n) is 4.90. The van der Waals surface area contributed by atoms with Crippen LogP contribution in [0.15, 0.2) is 11.6 Å². The molecule has 0 N–H and O–H groups in total. The molecule has 1 saturated heterocycles. The minimum absolute atomic E-state index is 0.218. The van der Waals surface area contributed by atoms with E-state index < -0.39 is 0 Å². The van der Waals surface area contributed by atoms with E-state index in [4.69, 9.17) is 14.2 Å². The number of hydrogen-bond acceptors (Lipinski definition) is 3. The lowest BCUT2D eigenvalue weighted by molar-refractivity contribution is -0.153. The van der Waals surface area contributed by atoms with Crippen molar-refractivity contribution in [3.8, 4) is 0 Å². The van der Waals surface area contributed by atoms with Gasteiger partial charge in [-0.1, -0.05) is 6.08 Å². The summed E-state index contributed by atoms with van der Waals surface area (Å²) in [7, 11) is 1.76. The van der Waals surface area contributed by atoms with E-state index in [0.717, 1.165) is 38.6 Å². The Hall–Kier alpha value is -0.380. The molecule has 84 valence electrons. The summed E-state index contributed by atoms with van der Waals surface area (Å²) in [6.45, 7) is 2.34. The van der Waals surface area contributed by atoms with Crippen LogP contribution in [0.25, 0.3) is 0 Å². The molecular formula is C12H18O3. The molecule has 1 spiro atoms. The average Bonchev–Trinajstić information content (AvgIpc) is 2.83. The Balaban J connectivity index is 1.68. The van der Waals surface area contributed by atoms with Crippen LogP contribution < -0.4 is 0 Å². The number of ether oxygens (including phenoxy) is 3. The first-order valence-corrected chi connectivity index (χ1v) is 5.78. The van der Waals surface area contributed by atoms with Gasteiger partial charge in [-0.15, -0.1) is 0 Å². The average molecular weight is 210 g/mol. The molecule has 3 aliphatic rings. The Morgan fingerprint density at radius 2 is 2.20 bits per heavy atom. The zero-order valence-corrected chi connectivity index (χ0v) is 9.20. The lowest BCUT2D eigenvalue weighted by Gasteiger charge is -2.22. The maximum atomic E-state index is 5.75. The van der Waals surface area contributed by atoms with Gasteiger partial charge in [0.2, 0.25) is 0 Å². The van der Waals surface area contributed by atoms with Gasteiger partial charge < -0.3 is 14.2 Å². The van der Waals surface area contributed by atoms with E-state index >= 15 is 0 Å². The summed E-state index contributed by atoms with van der Waals surface area (Å²) in [4.78, 5) is 0. The van der Waals surface area contributed by atoms with E-state index in [9.17, 15) is 0 Å². The number of fused-ring (bicyclic) bond motifs is 1. The standard InChI is InChI=1S/C12H18O3/c1-13-8-9-4-10-6-12(7-11(10)5-9)14-2-3-15-12/h4,10-11H,2-3,5-8H2,1H3/t10-,11+/m0/s1. The van der Waals surface area contributed by atoms with Crippen LogP contribution in [0.3, 0.4) is 0 Å². The first-order valence-electron chi connectivity index (χ1n) is 5.78. The highest BCUT2D eigenvalue weighted by molar-refractivity contribution is 5.18. The fourth-order valence-electron chi connectivity index (χ4n) is 3.31. The molecule has 1 heterocycles. The Bertz CT molecular complexity index is 279. The summed E-state index contributed by atoms with van der Waals surface area (Å²) >= 11 is 0. The van der Waals surface area contributed by atoms with Crippen molar-refractivity contribution in [2.24, 2.45) is 11.8 Å². The Labute approximate surface area is 90.4 Å². The quantitative estimate of drug-likeness (QED) is 0.650. The first-order chi connectivity index (χ1) is 7.31. The van der Waals surface area contributed by atoms with E-state index in [0.29, 0.717) is 5.92 Å². The van der Waals surface area contributed by atoms with Crippen molar-refractivity contribution in [3.05, 3.63) is 11.6 Å². The fraction of sp³-hybridized carbons (Fsp3) is 0.833. The van der Waals surface area contributed by atoms with Gasteiger partial charge in [0.15, 0.2) is 5.79 Å². The molecule has 15 heavy (non-hydrogen) atoms. The van der Waals surface area contributed by atoms with Crippen LogP contribution in [0.5, 0.6) is 0 Å². The van der Waals surface area contributed by atoms with Crippen molar-refractivity contribution in [2.45, 2.75) is 25.0 Å². The lowest BCUT2D eigenvalue weighted by Crippen LogP contribution is -2.26. The summed E-state index contributed by atoms with van der Waals surface area (Å²) in [5, 5.41) is 0. The summed E-state index contributed by atoms with van der Waals surface area (Å²) in [6.07, 6.45) is 5.67. The third-order valence-electron chi connectivity index (χ3n) is 3.84. The van der Waals surface area contributed by atoms with Crippen LogP contribution in [0.4, 0.5) is 0 Å². The zero-order valence-electron chi connectivity index (χ0n) is 9.20. The van der Waals surface area contributed by atoms with E-state index in [1.165, 1.54) is 12.0 Å². The highest BCUT2D eigenvalue weighted by Crippen LogP contribution is 2.50. The molecule has 3 heteroatoms. The highest BCUT2D eigenvalue weighted by atomic mass is 16.7. The summed E-state index contributed by atoms with van der Waals surface area (Å²) < 4.78 is 16.7. The van der Waals surface area contributed by atoms with Crippen LogP contribution in [0.2, 0.25) is 0 Å². The third-order valence-corrected chi connectivity index (χ3v) is 3.84. The van der Waals surface area contributed by atoms with Crippen molar-refractivity contribution < 1.29 is 14.2 Å². The summed E-state index contributed by atoms with van der Waals surface area (Å²) in [5.74, 6) is 1.17. The smallest absolute Gasteiger partial charge is 0.169 e. The monoisotopic (exact) mass is 210 g/mol. The minimum atomic E-state index is -0.218. The van der Waals surface area contributed by atoms with Crippen LogP contribution in [-0.2, 0) is 14.2 Å². The van der Waals surface area contributed by atoms with Gasteiger partial charge in [0, 0.05) is 20.0 Å². The summed E-state index contributed by atoms with van der Waals surface area (Å²) in [5.41, 5.74) is 1.46. The molecule has 1 aliphatic heterocycles. The number of hydrogen-bond donors (Lipinski definition) is 0. The molecule has 0 aromatic rings. The lowest BCUT2D eigenvalue weighted by atomic mass is 10.00. The third kappa shape index (κ3) is 1.63. The van der Waals surface area contributed by atoms with Gasteiger partial charge in [-0.3, -0.25) is 0 Å². The van der Waals surface area contributed by atoms with E-state index in [2.05, 4.69) is 6.08 Å². The molecule has 2 aliphatic carbocycles. The Morgan fingerprint density at radius 1 is 1.40 bits per heavy atom. The van der Waals surface area contributed by atoms with Gasteiger partial charge in [-0.25, -0.2) is 0 Å². The van der Waals surface area contributed by atoms with Crippen molar-refractivity contribution in [1.82, 2.24) is 0 Å². The number of allylic oxidation sites excluding steroid dienone is 1. The maximum absolute atomic E-state index is 5.75. The molecule has 3 nitrogen and oxygen atoms in total. The van der Waals surface area contributed by atoms with Gasteiger partial charge in [0.1, 0.15) is 0 Å². The fourth-order valence-corrected chi connectivity index (χ4v) is 3.31. The van der Waals surface area contributed by atoms with Crippen LogP contribution in [0, 0.1) is 11.8 Å². The maximum Gasteiger partial charge on any atom is 0.169 e. The van der Waals surface area contributed by atoms with E-state index in [-0.39, 0.29) is 5.79 Å². The number of methoxy groups -OCH3 is 1. The van der Waals surface area contributed by atoms with Crippen molar-refractivity contribution in [2.75, 3.05) is 26.9 Å². The van der Waals surface area contributed by atoms with E-state index in [1.807, 2.05) is 0 Å². The molecule has 0 unspecified atom stereocenters. The predicted octanol–water partition coefficient (Wildman–Crippen LogP) is 1.73. The zero-order chi connectivity index (χ0) is 10.3.